The van der Waals surface area contributed by atoms with Gasteiger partial charge in [-0.2, -0.15) is 5.26 Å². The van der Waals surface area contributed by atoms with E-state index < -0.39 is 0 Å². The molecule has 2 aromatic rings. The molecule has 0 aromatic heterocycles. The molecule has 5 heteroatoms. The molecular formula is C18H17N3O2. The van der Waals surface area contributed by atoms with Gasteiger partial charge in [-0.05, 0) is 42.8 Å². The second-order valence-electron chi connectivity index (χ2n) is 4.94. The number of amides is 2. The number of benzene rings is 2. The maximum Gasteiger partial charge on any atom is 0.255 e. The number of nitriles is 1. The van der Waals surface area contributed by atoms with Crippen LogP contribution in [-0.2, 0) is 0 Å². The first kappa shape index (κ1) is 16.2. The molecule has 0 heterocycles. The maximum absolute atomic E-state index is 12.2. The van der Waals surface area contributed by atoms with Crippen LogP contribution < -0.4 is 10.6 Å². The van der Waals surface area contributed by atoms with Crippen LogP contribution >= 0.6 is 0 Å². The van der Waals surface area contributed by atoms with Gasteiger partial charge in [-0.3, -0.25) is 9.59 Å². The fourth-order valence-electron chi connectivity index (χ4n) is 2.00. The molecule has 5 nitrogen and oxygen atoms in total. The van der Waals surface area contributed by atoms with E-state index >= 15 is 0 Å². The zero-order valence-corrected chi connectivity index (χ0v) is 12.8. The van der Waals surface area contributed by atoms with Crippen molar-refractivity contribution in [2.75, 3.05) is 11.9 Å². The Hall–Kier alpha value is -3.13. The molecule has 0 saturated heterocycles. The van der Waals surface area contributed by atoms with Gasteiger partial charge in [0.25, 0.3) is 11.8 Å². The number of nitrogens with zero attached hydrogens (tertiary/aromatic N) is 1. The summed E-state index contributed by atoms with van der Waals surface area (Å²) in [5, 5.41) is 14.5. The Morgan fingerprint density at radius 1 is 1.00 bits per heavy atom. The Bertz CT molecular complexity index is 746. The van der Waals surface area contributed by atoms with Gasteiger partial charge in [0.05, 0.1) is 11.3 Å². The maximum atomic E-state index is 12.2. The molecule has 0 aliphatic heterocycles. The Kier molecular flexibility index (Phi) is 5.48. The molecule has 0 spiro atoms. The number of hydrogen-bond donors (Lipinski definition) is 2. The summed E-state index contributed by atoms with van der Waals surface area (Å²) in [6, 6.07) is 15.2. The smallest absolute Gasteiger partial charge is 0.255 e. The van der Waals surface area contributed by atoms with Crippen molar-refractivity contribution in [2.24, 2.45) is 0 Å². The summed E-state index contributed by atoms with van der Waals surface area (Å²) in [6.45, 7) is 2.60. The number of nitrogens with one attached hydrogen (secondary N) is 2. The van der Waals surface area contributed by atoms with Gasteiger partial charge in [0.2, 0.25) is 0 Å². The molecule has 0 unspecified atom stereocenters. The van der Waals surface area contributed by atoms with Crippen molar-refractivity contribution in [1.29, 1.82) is 5.26 Å². The predicted octanol–water partition coefficient (Wildman–Crippen LogP) is 2.95. The molecule has 116 valence electrons. The van der Waals surface area contributed by atoms with Crippen LogP contribution in [0, 0.1) is 11.3 Å². The van der Waals surface area contributed by atoms with Gasteiger partial charge in [-0.1, -0.05) is 19.1 Å². The normalized spacial score (nSPS) is 9.74. The van der Waals surface area contributed by atoms with Crippen LogP contribution in [0.15, 0.2) is 48.5 Å². The van der Waals surface area contributed by atoms with Crippen molar-refractivity contribution < 1.29 is 9.59 Å². The molecule has 0 atom stereocenters. The van der Waals surface area contributed by atoms with Crippen molar-refractivity contribution in [3.05, 3.63) is 65.2 Å². The lowest BCUT2D eigenvalue weighted by Gasteiger charge is -2.08. The third kappa shape index (κ3) is 4.17. The predicted molar refractivity (Wildman–Crippen MR) is 88.2 cm³/mol. The lowest BCUT2D eigenvalue weighted by Crippen LogP contribution is -2.24. The molecule has 2 rings (SSSR count). The average molecular weight is 307 g/mol. The standard InChI is InChI=1S/C18H17N3O2/c1-2-11-20-17(22)13-7-9-14(10-8-13)18(23)21-16-6-4-3-5-15(16)12-19/h3-10H,2,11H2,1H3,(H,20,22)(H,21,23). The monoisotopic (exact) mass is 307 g/mol. The zero-order valence-electron chi connectivity index (χ0n) is 12.8. The first-order valence-electron chi connectivity index (χ1n) is 7.34. The number of anilines is 1. The van der Waals surface area contributed by atoms with E-state index in [1.54, 1.807) is 48.5 Å². The third-order valence-electron chi connectivity index (χ3n) is 3.24. The molecule has 0 saturated carbocycles. The minimum atomic E-state index is -0.326. The minimum absolute atomic E-state index is 0.159. The number of carbonyl (C=O) groups excluding carboxylic acids is 2. The summed E-state index contributed by atoms with van der Waals surface area (Å²) in [6.07, 6.45) is 0.866. The second kappa shape index (κ2) is 7.76. The summed E-state index contributed by atoms with van der Waals surface area (Å²) < 4.78 is 0. The fourth-order valence-corrected chi connectivity index (χ4v) is 2.00. The highest BCUT2D eigenvalue weighted by molar-refractivity contribution is 6.05. The van der Waals surface area contributed by atoms with Crippen LogP contribution in [0.3, 0.4) is 0 Å². The average Bonchev–Trinajstić information content (AvgIpc) is 2.60. The molecule has 0 aliphatic rings. The van der Waals surface area contributed by atoms with Crippen molar-refractivity contribution in [3.8, 4) is 6.07 Å². The van der Waals surface area contributed by atoms with Crippen LogP contribution in [0.2, 0.25) is 0 Å². The van der Waals surface area contributed by atoms with Gasteiger partial charge in [0.1, 0.15) is 6.07 Å². The van der Waals surface area contributed by atoms with Gasteiger partial charge < -0.3 is 10.6 Å². The number of rotatable bonds is 5. The molecule has 0 radical (unpaired) electrons. The summed E-state index contributed by atoms with van der Waals surface area (Å²) in [4.78, 5) is 24.0. The SMILES string of the molecule is CCCNC(=O)c1ccc(C(=O)Nc2ccccc2C#N)cc1. The number of carbonyl (C=O) groups is 2. The van der Waals surface area contributed by atoms with Gasteiger partial charge in [-0.15, -0.1) is 0 Å². The molecule has 23 heavy (non-hydrogen) atoms. The van der Waals surface area contributed by atoms with Crippen molar-refractivity contribution in [2.45, 2.75) is 13.3 Å². The Balaban J connectivity index is 2.09. The number of hydrogen-bond acceptors (Lipinski definition) is 3. The highest BCUT2D eigenvalue weighted by Crippen LogP contribution is 2.15. The van der Waals surface area contributed by atoms with Crippen LogP contribution in [0.5, 0.6) is 0 Å². The van der Waals surface area contributed by atoms with Crippen molar-refractivity contribution in [1.82, 2.24) is 5.32 Å². The van der Waals surface area contributed by atoms with Crippen LogP contribution in [0.25, 0.3) is 0 Å². The van der Waals surface area contributed by atoms with Gasteiger partial charge in [-0.25, -0.2) is 0 Å². The van der Waals surface area contributed by atoms with E-state index in [2.05, 4.69) is 10.6 Å². The van der Waals surface area contributed by atoms with E-state index in [-0.39, 0.29) is 11.8 Å². The lowest BCUT2D eigenvalue weighted by atomic mass is 10.1. The number of para-hydroxylation sites is 1. The lowest BCUT2D eigenvalue weighted by molar-refractivity contribution is 0.0951. The molecule has 0 bridgehead atoms. The topological polar surface area (TPSA) is 82.0 Å². The molecule has 0 fully saturated rings. The Morgan fingerprint density at radius 2 is 1.61 bits per heavy atom. The van der Waals surface area contributed by atoms with E-state index in [0.29, 0.717) is 28.9 Å². The minimum Gasteiger partial charge on any atom is -0.352 e. The highest BCUT2D eigenvalue weighted by Gasteiger charge is 2.10. The van der Waals surface area contributed by atoms with E-state index in [4.69, 9.17) is 5.26 Å². The first-order valence-corrected chi connectivity index (χ1v) is 7.34. The first-order chi connectivity index (χ1) is 11.2. The van der Waals surface area contributed by atoms with Crippen molar-refractivity contribution >= 4 is 17.5 Å². The van der Waals surface area contributed by atoms with Crippen LogP contribution in [0.1, 0.15) is 39.6 Å². The van der Waals surface area contributed by atoms with E-state index in [9.17, 15) is 9.59 Å². The molecule has 2 aromatic carbocycles. The van der Waals surface area contributed by atoms with Gasteiger partial charge in [0, 0.05) is 17.7 Å². The molecule has 2 amide bonds. The van der Waals surface area contributed by atoms with Gasteiger partial charge >= 0.3 is 0 Å². The molecule has 2 N–H and O–H groups in total. The van der Waals surface area contributed by atoms with Gasteiger partial charge in [0.15, 0.2) is 0 Å². The zero-order chi connectivity index (χ0) is 16.7. The van der Waals surface area contributed by atoms with E-state index in [1.807, 2.05) is 13.0 Å². The second-order valence-corrected chi connectivity index (χ2v) is 4.94. The van der Waals surface area contributed by atoms with Crippen LogP contribution in [-0.4, -0.2) is 18.4 Å². The van der Waals surface area contributed by atoms with E-state index in [0.717, 1.165) is 6.42 Å². The fraction of sp³-hybridized carbons (Fsp3) is 0.167. The molecular weight excluding hydrogens is 290 g/mol. The summed E-state index contributed by atoms with van der Waals surface area (Å²) in [5.41, 5.74) is 1.79. The van der Waals surface area contributed by atoms with Crippen molar-refractivity contribution in [3.63, 3.8) is 0 Å². The highest BCUT2D eigenvalue weighted by atomic mass is 16.2. The summed E-state index contributed by atoms with van der Waals surface area (Å²) in [7, 11) is 0. The largest absolute Gasteiger partial charge is 0.352 e. The molecule has 0 aliphatic carbocycles. The Labute approximate surface area is 134 Å². The summed E-state index contributed by atoms with van der Waals surface area (Å²) in [5.74, 6) is -0.484. The third-order valence-corrected chi connectivity index (χ3v) is 3.24. The summed E-state index contributed by atoms with van der Waals surface area (Å²) >= 11 is 0. The van der Waals surface area contributed by atoms with Crippen LogP contribution in [0.4, 0.5) is 5.69 Å². The Morgan fingerprint density at radius 3 is 2.22 bits per heavy atom. The quantitative estimate of drug-likeness (QED) is 0.891. The van der Waals surface area contributed by atoms with E-state index in [1.165, 1.54) is 0 Å².